The van der Waals surface area contributed by atoms with E-state index in [0.717, 1.165) is 6.07 Å². The number of carbonyl (C=O) groups excluding carboxylic acids is 1. The van der Waals surface area contributed by atoms with Crippen molar-refractivity contribution in [3.8, 4) is 0 Å². The van der Waals surface area contributed by atoms with E-state index < -0.39 is 31.0 Å². The highest BCUT2D eigenvalue weighted by molar-refractivity contribution is 7.92. The Labute approximate surface area is 122 Å². The molecule has 2 heterocycles. The van der Waals surface area contributed by atoms with Crippen LogP contribution in [0.5, 0.6) is 0 Å². The molecule has 3 N–H and O–H groups in total. The molecule has 1 aromatic heterocycles. The molecule has 8 nitrogen and oxygen atoms in total. The Kier molecular flexibility index (Phi) is 4.13. The molecule has 0 aromatic carbocycles. The van der Waals surface area contributed by atoms with Crippen LogP contribution in [0, 0.1) is 6.92 Å². The number of nitrogens with two attached hydrogens (primary N) is 1. The van der Waals surface area contributed by atoms with Gasteiger partial charge in [0.15, 0.2) is 15.6 Å². The van der Waals surface area contributed by atoms with Gasteiger partial charge in [0.1, 0.15) is 10.7 Å². The van der Waals surface area contributed by atoms with Gasteiger partial charge in [0.25, 0.3) is 5.91 Å². The zero-order valence-corrected chi connectivity index (χ0v) is 13.0. The Bertz CT molecular complexity index is 763. The number of furan rings is 1. The molecule has 118 valence electrons. The summed E-state index contributed by atoms with van der Waals surface area (Å²) in [6.07, 6.45) is 1.08. The zero-order chi connectivity index (χ0) is 15.8. The first-order chi connectivity index (χ1) is 9.61. The third kappa shape index (κ3) is 3.44. The van der Waals surface area contributed by atoms with E-state index in [1.54, 1.807) is 0 Å². The number of amides is 1. The van der Waals surface area contributed by atoms with E-state index in [-0.39, 0.29) is 28.7 Å². The van der Waals surface area contributed by atoms with E-state index in [1.807, 2.05) is 0 Å². The topological polar surface area (TPSA) is 137 Å². The predicted molar refractivity (Wildman–Crippen MR) is 74.0 cm³/mol. The summed E-state index contributed by atoms with van der Waals surface area (Å²) in [6.45, 7) is 1.35. The summed E-state index contributed by atoms with van der Waals surface area (Å²) in [7, 11) is -7.12. The van der Waals surface area contributed by atoms with Gasteiger partial charge in [-0.3, -0.25) is 4.79 Å². The van der Waals surface area contributed by atoms with Crippen LogP contribution < -0.4 is 10.5 Å². The quantitative estimate of drug-likeness (QED) is 0.763. The molecule has 0 radical (unpaired) electrons. The first-order valence-electron chi connectivity index (χ1n) is 6.24. The molecule has 2 rings (SSSR count). The maximum atomic E-state index is 11.9. The Morgan fingerprint density at radius 1 is 1.52 bits per heavy atom. The fourth-order valence-corrected chi connectivity index (χ4v) is 4.72. The number of hydrogen-bond acceptors (Lipinski definition) is 6. The fraction of sp³-hybridized carbons (Fsp3) is 0.545. The highest BCUT2D eigenvalue weighted by Gasteiger charge is 2.31. The van der Waals surface area contributed by atoms with Gasteiger partial charge in [-0.05, 0) is 19.8 Å². The second kappa shape index (κ2) is 5.43. The van der Waals surface area contributed by atoms with Crippen LogP contribution in [0.15, 0.2) is 15.4 Å². The smallest absolute Gasteiger partial charge is 0.287 e. The highest BCUT2D eigenvalue weighted by Crippen LogP contribution is 2.20. The van der Waals surface area contributed by atoms with Crippen LogP contribution in [0.2, 0.25) is 0 Å². The van der Waals surface area contributed by atoms with Crippen molar-refractivity contribution in [3.63, 3.8) is 0 Å². The monoisotopic (exact) mass is 336 g/mol. The van der Waals surface area contributed by atoms with Crippen molar-refractivity contribution in [1.29, 1.82) is 0 Å². The molecule has 1 aliphatic rings. The Balaban J connectivity index is 2.08. The van der Waals surface area contributed by atoms with E-state index in [2.05, 4.69) is 5.32 Å². The lowest BCUT2D eigenvalue weighted by atomic mass is 10.2. The van der Waals surface area contributed by atoms with E-state index in [9.17, 15) is 21.6 Å². The molecule has 1 fully saturated rings. The molecule has 1 atom stereocenters. The van der Waals surface area contributed by atoms with Crippen LogP contribution in [0.3, 0.4) is 0 Å². The van der Waals surface area contributed by atoms with Gasteiger partial charge < -0.3 is 9.73 Å². The van der Waals surface area contributed by atoms with Gasteiger partial charge in [-0.25, -0.2) is 22.0 Å². The average molecular weight is 336 g/mol. The van der Waals surface area contributed by atoms with E-state index in [0.29, 0.717) is 12.8 Å². The summed E-state index contributed by atoms with van der Waals surface area (Å²) in [6, 6.07) is 1.03. The van der Waals surface area contributed by atoms with Crippen LogP contribution >= 0.6 is 0 Å². The summed E-state index contributed by atoms with van der Waals surface area (Å²) in [5, 5.41) is 6.82. The molecule has 1 aliphatic heterocycles. The lowest BCUT2D eigenvalue weighted by molar-refractivity contribution is 0.0924. The Morgan fingerprint density at radius 3 is 2.67 bits per heavy atom. The van der Waals surface area contributed by atoms with Crippen LogP contribution in [0.1, 0.15) is 29.2 Å². The van der Waals surface area contributed by atoms with Crippen LogP contribution in [0.25, 0.3) is 0 Å². The van der Waals surface area contributed by atoms with Gasteiger partial charge >= 0.3 is 0 Å². The molecule has 0 bridgehead atoms. The minimum atomic E-state index is -3.96. The molecule has 0 saturated carbocycles. The largest absolute Gasteiger partial charge is 0.455 e. The summed E-state index contributed by atoms with van der Waals surface area (Å²) in [4.78, 5) is 11.6. The van der Waals surface area contributed by atoms with Gasteiger partial charge in [0.05, 0.1) is 11.0 Å². The number of hydrogen-bond donors (Lipinski definition) is 2. The lowest BCUT2D eigenvalue weighted by Gasteiger charge is -2.09. The van der Waals surface area contributed by atoms with Crippen LogP contribution in [-0.2, 0) is 19.9 Å². The van der Waals surface area contributed by atoms with Crippen molar-refractivity contribution < 1.29 is 26.0 Å². The van der Waals surface area contributed by atoms with Crippen molar-refractivity contribution in [3.05, 3.63) is 17.6 Å². The molecular weight excluding hydrogens is 320 g/mol. The standard InChI is InChI=1S/C11H16N2O6S2/c1-7-10(21(12,17)18)5-9(19-7)11(14)13-6-8-3-2-4-20(8,15)16/h5,8H,2-4,6H2,1H3,(H,13,14)(H2,12,17,18). The number of primary sulfonamides is 1. The molecule has 1 saturated heterocycles. The minimum Gasteiger partial charge on any atom is -0.455 e. The van der Waals surface area contributed by atoms with Crippen molar-refractivity contribution in [2.45, 2.75) is 29.9 Å². The number of aryl methyl sites for hydroxylation is 1. The second-order valence-corrected chi connectivity index (χ2v) is 8.85. The molecule has 1 amide bonds. The van der Waals surface area contributed by atoms with Gasteiger partial charge in [-0.15, -0.1) is 0 Å². The Hall–Kier alpha value is -1.39. The molecule has 21 heavy (non-hydrogen) atoms. The van der Waals surface area contributed by atoms with Crippen molar-refractivity contribution >= 4 is 25.8 Å². The fourth-order valence-electron chi connectivity index (χ4n) is 2.24. The van der Waals surface area contributed by atoms with Gasteiger partial charge in [0, 0.05) is 12.6 Å². The molecule has 1 unspecified atom stereocenters. The van der Waals surface area contributed by atoms with Crippen LogP contribution in [0.4, 0.5) is 0 Å². The maximum Gasteiger partial charge on any atom is 0.287 e. The first-order valence-corrected chi connectivity index (χ1v) is 9.50. The third-order valence-corrected chi connectivity index (χ3v) is 6.65. The van der Waals surface area contributed by atoms with E-state index >= 15 is 0 Å². The summed E-state index contributed by atoms with van der Waals surface area (Å²) in [5.74, 6) is -0.749. The summed E-state index contributed by atoms with van der Waals surface area (Å²) in [5.41, 5.74) is 0. The van der Waals surface area contributed by atoms with Crippen molar-refractivity contribution in [2.75, 3.05) is 12.3 Å². The number of carbonyl (C=O) groups is 1. The number of sulfonamides is 1. The third-order valence-electron chi connectivity index (χ3n) is 3.36. The van der Waals surface area contributed by atoms with Gasteiger partial charge in [0.2, 0.25) is 10.0 Å². The normalized spacial score (nSPS) is 21.3. The predicted octanol–water partition coefficient (Wildman–Crippen LogP) is -0.458. The molecule has 0 aliphatic carbocycles. The molecule has 0 spiro atoms. The zero-order valence-electron chi connectivity index (χ0n) is 11.3. The number of sulfone groups is 1. The second-order valence-electron chi connectivity index (χ2n) is 4.92. The van der Waals surface area contributed by atoms with Crippen molar-refractivity contribution in [1.82, 2.24) is 5.32 Å². The molecule has 1 aromatic rings. The van der Waals surface area contributed by atoms with Crippen LogP contribution in [-0.4, -0.2) is 40.3 Å². The number of rotatable bonds is 4. The first kappa shape index (κ1) is 16.0. The summed E-state index contributed by atoms with van der Waals surface area (Å²) >= 11 is 0. The maximum absolute atomic E-state index is 11.9. The summed E-state index contributed by atoms with van der Waals surface area (Å²) < 4.78 is 50.8. The SMILES string of the molecule is Cc1oc(C(=O)NCC2CCCS2(=O)=O)cc1S(N)(=O)=O. The molecule has 10 heteroatoms. The average Bonchev–Trinajstić information content (AvgIpc) is 2.88. The van der Waals surface area contributed by atoms with E-state index in [4.69, 9.17) is 9.56 Å². The van der Waals surface area contributed by atoms with E-state index in [1.165, 1.54) is 6.92 Å². The van der Waals surface area contributed by atoms with Gasteiger partial charge in [-0.2, -0.15) is 0 Å². The van der Waals surface area contributed by atoms with Gasteiger partial charge in [-0.1, -0.05) is 0 Å². The highest BCUT2D eigenvalue weighted by atomic mass is 32.2. The number of nitrogens with one attached hydrogen (secondary N) is 1. The molecular formula is C11H16N2O6S2. The Morgan fingerprint density at radius 2 is 2.19 bits per heavy atom. The minimum absolute atomic E-state index is 0.0103. The van der Waals surface area contributed by atoms with Crippen molar-refractivity contribution in [2.24, 2.45) is 5.14 Å². The lowest BCUT2D eigenvalue weighted by Crippen LogP contribution is -2.34.